The minimum absolute atomic E-state index is 0.262. The van der Waals surface area contributed by atoms with Gasteiger partial charge in [-0.2, -0.15) is 0 Å². The van der Waals surface area contributed by atoms with E-state index in [4.69, 9.17) is 14.5 Å². The lowest BCUT2D eigenvalue weighted by atomic mass is 10.0. The summed E-state index contributed by atoms with van der Waals surface area (Å²) in [5.41, 5.74) is 3.50. The number of unbranched alkanes of at least 4 members (excludes halogenated alkanes) is 1. The van der Waals surface area contributed by atoms with E-state index in [1.807, 2.05) is 6.07 Å². The molecular weight excluding hydrogens is 470 g/mol. The van der Waals surface area contributed by atoms with Crippen molar-refractivity contribution in [2.75, 3.05) is 33.4 Å². The predicted molar refractivity (Wildman–Crippen MR) is 157 cm³/mol. The van der Waals surface area contributed by atoms with Gasteiger partial charge in [0.2, 0.25) is 0 Å². The second kappa shape index (κ2) is 15.2. The van der Waals surface area contributed by atoms with Gasteiger partial charge in [-0.05, 0) is 67.5 Å². The fraction of sp³-hybridized carbons (Fsp3) is 0.485. The smallest absolute Gasteiger partial charge is 0.161 e. The lowest BCUT2D eigenvalue weighted by Gasteiger charge is -2.21. The van der Waals surface area contributed by atoms with Crippen molar-refractivity contribution in [1.82, 2.24) is 10.2 Å². The zero-order valence-electron chi connectivity index (χ0n) is 23.2. The van der Waals surface area contributed by atoms with Crippen molar-refractivity contribution in [1.29, 1.82) is 0 Å². The van der Waals surface area contributed by atoms with Crippen LogP contribution in [-0.4, -0.2) is 44.0 Å². The third kappa shape index (κ3) is 8.39. The van der Waals surface area contributed by atoms with Crippen LogP contribution < -0.4 is 14.8 Å². The highest BCUT2D eigenvalue weighted by Gasteiger charge is 2.16. The van der Waals surface area contributed by atoms with E-state index in [-0.39, 0.29) is 6.04 Å². The molecule has 38 heavy (non-hydrogen) atoms. The predicted octanol–water partition coefficient (Wildman–Crippen LogP) is 6.90. The lowest BCUT2D eigenvalue weighted by Crippen LogP contribution is -2.27. The first-order valence-electron chi connectivity index (χ1n) is 14.4. The molecule has 0 spiro atoms. The molecule has 1 N–H and O–H groups in total. The summed E-state index contributed by atoms with van der Waals surface area (Å²) in [5, 5.41) is 3.76. The van der Waals surface area contributed by atoms with Crippen LogP contribution in [0.4, 0.5) is 0 Å². The molecule has 2 aromatic rings. The largest absolute Gasteiger partial charge is 0.493 e. The number of hydrogen-bond donors (Lipinski definition) is 1. The van der Waals surface area contributed by atoms with Crippen LogP contribution >= 0.6 is 0 Å². The van der Waals surface area contributed by atoms with Gasteiger partial charge in [0.05, 0.1) is 25.5 Å². The van der Waals surface area contributed by atoms with Gasteiger partial charge in [-0.1, -0.05) is 50.1 Å². The Labute approximate surface area is 229 Å². The number of nitrogens with one attached hydrogen (secondary N) is 1. The summed E-state index contributed by atoms with van der Waals surface area (Å²) in [4.78, 5) is 7.58. The second-order valence-corrected chi connectivity index (χ2v) is 10.1. The fourth-order valence-corrected chi connectivity index (χ4v) is 5.03. The Balaban J connectivity index is 1.40. The van der Waals surface area contributed by atoms with Gasteiger partial charge >= 0.3 is 0 Å². The van der Waals surface area contributed by atoms with Gasteiger partial charge < -0.3 is 19.7 Å². The third-order valence-corrected chi connectivity index (χ3v) is 7.19. The Kier molecular flexibility index (Phi) is 11.2. The number of rotatable bonds is 13. The van der Waals surface area contributed by atoms with Gasteiger partial charge in [-0.25, -0.2) is 4.99 Å². The van der Waals surface area contributed by atoms with Crippen LogP contribution in [0.5, 0.6) is 11.5 Å². The number of allylic oxidation sites excluding steroid dienone is 1. The van der Waals surface area contributed by atoms with Crippen LogP contribution in [0.2, 0.25) is 0 Å². The Morgan fingerprint density at radius 3 is 2.61 bits per heavy atom. The highest BCUT2D eigenvalue weighted by molar-refractivity contribution is 6.01. The van der Waals surface area contributed by atoms with Gasteiger partial charge in [0.25, 0.3) is 0 Å². The molecule has 0 saturated heterocycles. The summed E-state index contributed by atoms with van der Waals surface area (Å²) in [5.74, 6) is 8.96. The molecule has 2 heterocycles. The van der Waals surface area contributed by atoms with Crippen molar-refractivity contribution < 1.29 is 9.47 Å². The summed E-state index contributed by atoms with van der Waals surface area (Å²) in [6.07, 6.45) is 11.7. The molecule has 1 unspecified atom stereocenters. The van der Waals surface area contributed by atoms with E-state index < -0.39 is 0 Å². The molecule has 5 heteroatoms. The molecule has 2 aromatic carbocycles. The minimum atomic E-state index is 0.262. The Morgan fingerprint density at radius 1 is 1.03 bits per heavy atom. The Morgan fingerprint density at radius 2 is 1.84 bits per heavy atom. The van der Waals surface area contributed by atoms with Crippen molar-refractivity contribution in [3.8, 4) is 23.3 Å². The summed E-state index contributed by atoms with van der Waals surface area (Å²) in [7, 11) is 1.71. The maximum absolute atomic E-state index is 6.13. The number of methoxy groups -OCH3 is 1. The van der Waals surface area contributed by atoms with Crippen molar-refractivity contribution in [2.45, 2.75) is 70.8 Å². The summed E-state index contributed by atoms with van der Waals surface area (Å²) >= 11 is 0. The molecule has 1 atom stereocenters. The number of ether oxygens (including phenoxy) is 2. The van der Waals surface area contributed by atoms with E-state index >= 15 is 0 Å². The number of aliphatic imine (C=N–C) groups is 1. The average Bonchev–Trinajstić information content (AvgIpc) is 3.37. The first kappa shape index (κ1) is 27.8. The SMILES string of the molecule is CCCCC(NC1=CCCCC(c2ccc(OCCCN3CCC#CCC3)c(OC)c2)=N1)c1ccccc1. The van der Waals surface area contributed by atoms with E-state index in [2.05, 4.69) is 77.5 Å². The topological polar surface area (TPSA) is 46.1 Å². The maximum atomic E-state index is 6.13. The summed E-state index contributed by atoms with van der Waals surface area (Å²) in [6, 6.07) is 17.2. The Hall–Kier alpha value is -3.23. The number of hydrogen-bond acceptors (Lipinski definition) is 5. The number of benzene rings is 2. The van der Waals surface area contributed by atoms with Crippen LogP contribution in [0.25, 0.3) is 0 Å². The molecule has 0 amide bonds. The van der Waals surface area contributed by atoms with E-state index in [1.165, 1.54) is 18.4 Å². The van der Waals surface area contributed by atoms with Gasteiger partial charge in [0.1, 0.15) is 5.82 Å². The van der Waals surface area contributed by atoms with Crippen molar-refractivity contribution >= 4 is 5.71 Å². The summed E-state index contributed by atoms with van der Waals surface area (Å²) in [6.45, 7) is 6.07. The quantitative estimate of drug-likeness (QED) is 0.234. The molecule has 0 saturated carbocycles. The van der Waals surface area contributed by atoms with Crippen LogP contribution in [-0.2, 0) is 0 Å². The van der Waals surface area contributed by atoms with Gasteiger partial charge in [-0.3, -0.25) is 0 Å². The van der Waals surface area contributed by atoms with Crippen LogP contribution in [0.15, 0.2) is 65.4 Å². The standard InChI is InChI=1S/C33H43N3O2/c1-3-4-17-29(27-15-8-7-9-16-27)34-33-19-11-10-18-30(35-33)28-20-21-31(32(26-28)37-2)38-25-14-24-36-22-12-5-6-13-23-36/h7-9,15-16,19-21,26,29,34H,3-4,10-14,17-18,22-25H2,1-2H3. The lowest BCUT2D eigenvalue weighted by molar-refractivity contribution is 0.237. The normalized spacial score (nSPS) is 16.7. The molecule has 0 fully saturated rings. The highest BCUT2D eigenvalue weighted by Crippen LogP contribution is 2.30. The fourth-order valence-electron chi connectivity index (χ4n) is 5.03. The molecule has 5 nitrogen and oxygen atoms in total. The zero-order chi connectivity index (χ0) is 26.4. The molecule has 202 valence electrons. The Bertz CT molecular complexity index is 1120. The van der Waals surface area contributed by atoms with E-state index in [0.717, 1.165) is 93.2 Å². The molecule has 0 radical (unpaired) electrons. The van der Waals surface area contributed by atoms with E-state index in [0.29, 0.717) is 6.61 Å². The minimum Gasteiger partial charge on any atom is -0.493 e. The third-order valence-electron chi connectivity index (χ3n) is 7.19. The monoisotopic (exact) mass is 513 g/mol. The van der Waals surface area contributed by atoms with E-state index in [9.17, 15) is 0 Å². The second-order valence-electron chi connectivity index (χ2n) is 10.1. The molecule has 0 aliphatic carbocycles. The molecule has 0 bridgehead atoms. The molecule has 0 aromatic heterocycles. The molecular formula is C33H43N3O2. The van der Waals surface area contributed by atoms with Crippen molar-refractivity contribution in [3.63, 3.8) is 0 Å². The van der Waals surface area contributed by atoms with Gasteiger partial charge in [0, 0.05) is 32.5 Å². The van der Waals surface area contributed by atoms with Gasteiger partial charge in [-0.15, -0.1) is 11.8 Å². The van der Waals surface area contributed by atoms with Crippen molar-refractivity contribution in [3.05, 3.63) is 71.6 Å². The van der Waals surface area contributed by atoms with Crippen LogP contribution in [0, 0.1) is 11.8 Å². The zero-order valence-corrected chi connectivity index (χ0v) is 23.2. The van der Waals surface area contributed by atoms with Gasteiger partial charge in [0.15, 0.2) is 11.5 Å². The summed E-state index contributed by atoms with van der Waals surface area (Å²) < 4.78 is 11.9. The number of nitrogens with zero attached hydrogens (tertiary/aromatic N) is 2. The molecule has 4 rings (SSSR count). The molecule has 2 aliphatic rings. The average molecular weight is 514 g/mol. The maximum Gasteiger partial charge on any atom is 0.161 e. The van der Waals surface area contributed by atoms with E-state index in [1.54, 1.807) is 7.11 Å². The first-order chi connectivity index (χ1) is 18.8. The van der Waals surface area contributed by atoms with Crippen molar-refractivity contribution in [2.24, 2.45) is 4.99 Å². The molecule has 2 aliphatic heterocycles. The van der Waals surface area contributed by atoms with Crippen LogP contribution in [0.1, 0.15) is 81.9 Å². The highest BCUT2D eigenvalue weighted by atomic mass is 16.5. The first-order valence-corrected chi connectivity index (χ1v) is 14.4. The van der Waals surface area contributed by atoms with Crippen LogP contribution in [0.3, 0.4) is 0 Å².